The summed E-state index contributed by atoms with van der Waals surface area (Å²) < 4.78 is 12.6. The van der Waals surface area contributed by atoms with Crippen molar-refractivity contribution in [1.29, 1.82) is 0 Å². The monoisotopic (exact) mass is 454 g/mol. The lowest BCUT2D eigenvalue weighted by atomic mass is 10.2. The zero-order chi connectivity index (χ0) is 23.7. The fourth-order valence-electron chi connectivity index (χ4n) is 3.69. The number of fused-ring (bicyclic) bond motifs is 2. The molecule has 0 saturated heterocycles. The smallest absolute Gasteiger partial charge is 0.311 e. The average molecular weight is 454 g/mol. The normalized spacial score (nSPS) is 11.4. The second kappa shape index (κ2) is 8.62. The minimum atomic E-state index is -0.522. The van der Waals surface area contributed by atoms with Crippen molar-refractivity contribution in [2.45, 2.75) is 6.92 Å². The first-order chi connectivity index (χ1) is 16.6. The van der Waals surface area contributed by atoms with E-state index in [2.05, 4.69) is 10.1 Å². The first-order valence-corrected chi connectivity index (χ1v) is 10.5. The molecule has 3 aromatic carbocycles. The Balaban J connectivity index is 1.72. The van der Waals surface area contributed by atoms with Gasteiger partial charge in [0.05, 0.1) is 28.6 Å². The minimum Gasteiger partial charge on any atom is -0.487 e. The van der Waals surface area contributed by atoms with Gasteiger partial charge in [-0.1, -0.05) is 36.4 Å². The molecule has 2 aromatic heterocycles. The van der Waals surface area contributed by atoms with Gasteiger partial charge >= 0.3 is 5.69 Å². The predicted molar refractivity (Wildman–Crippen MR) is 128 cm³/mol. The molecule has 0 amide bonds. The largest absolute Gasteiger partial charge is 0.487 e. The van der Waals surface area contributed by atoms with Crippen molar-refractivity contribution in [2.24, 2.45) is 5.10 Å². The molecule has 0 aliphatic heterocycles. The number of hydrogen-bond acceptors (Lipinski definition) is 7. The molecular formula is C25H18N4O5. The van der Waals surface area contributed by atoms with E-state index in [-0.39, 0.29) is 23.9 Å². The highest BCUT2D eigenvalue weighted by molar-refractivity contribution is 5.87. The van der Waals surface area contributed by atoms with Crippen LogP contribution in [0, 0.1) is 10.1 Å². The van der Waals surface area contributed by atoms with Crippen molar-refractivity contribution >= 4 is 33.8 Å². The molecule has 34 heavy (non-hydrogen) atoms. The summed E-state index contributed by atoms with van der Waals surface area (Å²) in [6.07, 6.45) is 1.35. The number of nitro benzene ring substituents is 1. The molecule has 168 valence electrons. The topological polar surface area (TPSA) is 113 Å². The summed E-state index contributed by atoms with van der Waals surface area (Å²) in [6.45, 7) is 1.96. The van der Waals surface area contributed by atoms with E-state index in [9.17, 15) is 14.9 Å². The van der Waals surface area contributed by atoms with Gasteiger partial charge in [-0.25, -0.2) is 4.98 Å². The molecule has 9 nitrogen and oxygen atoms in total. The zero-order valence-electron chi connectivity index (χ0n) is 18.0. The van der Waals surface area contributed by atoms with Crippen molar-refractivity contribution < 1.29 is 14.1 Å². The lowest BCUT2D eigenvalue weighted by Gasteiger charge is -2.09. The van der Waals surface area contributed by atoms with Crippen LogP contribution in [-0.4, -0.2) is 27.4 Å². The summed E-state index contributed by atoms with van der Waals surface area (Å²) in [5.74, 6) is 0.649. The van der Waals surface area contributed by atoms with Gasteiger partial charge in [0.2, 0.25) is 11.6 Å². The van der Waals surface area contributed by atoms with Crippen molar-refractivity contribution in [1.82, 2.24) is 9.66 Å². The van der Waals surface area contributed by atoms with E-state index in [0.29, 0.717) is 27.8 Å². The molecule has 5 aromatic rings. The van der Waals surface area contributed by atoms with Crippen molar-refractivity contribution in [2.75, 3.05) is 6.61 Å². The van der Waals surface area contributed by atoms with E-state index in [1.165, 1.54) is 18.3 Å². The number of furan rings is 1. The third-order valence-corrected chi connectivity index (χ3v) is 5.22. The molecule has 0 unspecified atom stereocenters. The van der Waals surface area contributed by atoms with Crippen LogP contribution in [0.15, 0.2) is 87.1 Å². The van der Waals surface area contributed by atoms with Gasteiger partial charge < -0.3 is 9.15 Å². The van der Waals surface area contributed by atoms with Crippen LogP contribution in [0.25, 0.3) is 33.5 Å². The Morgan fingerprint density at radius 3 is 2.71 bits per heavy atom. The minimum absolute atomic E-state index is 0.0748. The van der Waals surface area contributed by atoms with Crippen LogP contribution in [0.4, 0.5) is 5.69 Å². The second-order valence-electron chi connectivity index (χ2n) is 7.35. The van der Waals surface area contributed by atoms with E-state index >= 15 is 0 Å². The maximum Gasteiger partial charge on any atom is 0.311 e. The number of rotatable bonds is 6. The Kier molecular flexibility index (Phi) is 5.35. The third kappa shape index (κ3) is 3.69. The van der Waals surface area contributed by atoms with Crippen LogP contribution in [0.5, 0.6) is 5.75 Å². The Hall–Kier alpha value is -4.79. The molecule has 0 aliphatic carbocycles. The maximum absolute atomic E-state index is 13.4. The molecule has 0 atom stereocenters. The van der Waals surface area contributed by atoms with Gasteiger partial charge in [-0.3, -0.25) is 14.9 Å². The summed E-state index contributed by atoms with van der Waals surface area (Å²) in [6, 6.07) is 20.7. The molecule has 0 N–H and O–H groups in total. The first-order valence-electron chi connectivity index (χ1n) is 10.5. The summed E-state index contributed by atoms with van der Waals surface area (Å²) in [4.78, 5) is 28.9. The van der Waals surface area contributed by atoms with E-state index in [1.807, 2.05) is 24.3 Å². The van der Waals surface area contributed by atoms with E-state index < -0.39 is 10.5 Å². The highest BCUT2D eigenvalue weighted by atomic mass is 16.6. The van der Waals surface area contributed by atoms with Crippen LogP contribution in [0.1, 0.15) is 12.5 Å². The number of para-hydroxylation sites is 3. The van der Waals surface area contributed by atoms with E-state index in [0.717, 1.165) is 10.1 Å². The number of hydrogen-bond donors (Lipinski definition) is 0. The number of nitrogens with zero attached hydrogens (tertiary/aromatic N) is 4. The van der Waals surface area contributed by atoms with Crippen molar-refractivity contribution in [3.05, 3.63) is 98.8 Å². The van der Waals surface area contributed by atoms with E-state index in [1.54, 1.807) is 43.3 Å². The molecular weight excluding hydrogens is 436 g/mol. The second-order valence-corrected chi connectivity index (χ2v) is 7.35. The Bertz CT molecular complexity index is 1600. The van der Waals surface area contributed by atoms with Gasteiger partial charge in [-0.2, -0.15) is 9.78 Å². The van der Waals surface area contributed by atoms with E-state index in [4.69, 9.17) is 9.15 Å². The summed E-state index contributed by atoms with van der Waals surface area (Å²) >= 11 is 0. The SMILES string of the molecule is CCOc1c(C=Nn2c(-c3cc4ccccc4o3)nc3ccccc3c2=O)cccc1[N+](=O)[O-]. The molecule has 0 fully saturated rings. The van der Waals surface area contributed by atoms with Crippen LogP contribution in [0.3, 0.4) is 0 Å². The Labute approximate surface area is 192 Å². The van der Waals surface area contributed by atoms with Gasteiger partial charge in [0.1, 0.15) is 5.58 Å². The predicted octanol–water partition coefficient (Wildman–Crippen LogP) is 5.00. The molecule has 5 rings (SSSR count). The Morgan fingerprint density at radius 2 is 1.91 bits per heavy atom. The quantitative estimate of drug-likeness (QED) is 0.203. The fraction of sp³-hybridized carbons (Fsp3) is 0.0800. The average Bonchev–Trinajstić information content (AvgIpc) is 3.28. The van der Waals surface area contributed by atoms with Crippen LogP contribution in [-0.2, 0) is 0 Å². The maximum atomic E-state index is 13.4. The highest BCUT2D eigenvalue weighted by Gasteiger charge is 2.19. The lowest BCUT2D eigenvalue weighted by molar-refractivity contribution is -0.385. The molecule has 0 spiro atoms. The lowest BCUT2D eigenvalue weighted by Crippen LogP contribution is -2.20. The van der Waals surface area contributed by atoms with Gasteiger partial charge in [0, 0.05) is 17.0 Å². The molecule has 2 heterocycles. The van der Waals surface area contributed by atoms with Crippen molar-refractivity contribution in [3.63, 3.8) is 0 Å². The molecule has 0 radical (unpaired) electrons. The van der Waals surface area contributed by atoms with Crippen LogP contribution < -0.4 is 10.3 Å². The van der Waals surface area contributed by atoms with Crippen LogP contribution in [0.2, 0.25) is 0 Å². The van der Waals surface area contributed by atoms with Gasteiger partial charge in [0.15, 0.2) is 5.76 Å². The summed E-state index contributed by atoms with van der Waals surface area (Å²) in [7, 11) is 0. The molecule has 9 heteroatoms. The van der Waals surface area contributed by atoms with Gasteiger partial charge in [-0.05, 0) is 37.3 Å². The highest BCUT2D eigenvalue weighted by Crippen LogP contribution is 2.30. The van der Waals surface area contributed by atoms with Crippen LogP contribution >= 0.6 is 0 Å². The van der Waals surface area contributed by atoms with Gasteiger partial charge in [0.25, 0.3) is 5.56 Å². The first kappa shape index (κ1) is 21.1. The molecule has 0 saturated carbocycles. The third-order valence-electron chi connectivity index (χ3n) is 5.22. The molecule has 0 bridgehead atoms. The number of benzene rings is 3. The number of ether oxygens (including phenoxy) is 1. The Morgan fingerprint density at radius 1 is 1.12 bits per heavy atom. The zero-order valence-corrected chi connectivity index (χ0v) is 18.0. The fourth-order valence-corrected chi connectivity index (χ4v) is 3.69. The van der Waals surface area contributed by atoms with Gasteiger partial charge in [-0.15, -0.1) is 0 Å². The number of nitro groups is 1. The number of aromatic nitrogens is 2. The summed E-state index contributed by atoms with van der Waals surface area (Å²) in [5, 5.41) is 17.1. The molecule has 0 aliphatic rings. The summed E-state index contributed by atoms with van der Waals surface area (Å²) in [5.41, 5.74) is 0.909. The van der Waals surface area contributed by atoms with Crippen molar-refractivity contribution in [3.8, 4) is 17.3 Å². The standard InChI is InChI=1S/C25H18N4O5/c1-2-33-23-17(9-7-12-20(23)29(31)32)15-26-28-24(22-14-16-8-3-6-13-21(16)34-22)27-19-11-5-4-10-18(19)25(28)30/h3-15H,2H2,1H3.